The van der Waals surface area contributed by atoms with Crippen molar-refractivity contribution in [1.29, 1.82) is 0 Å². The van der Waals surface area contributed by atoms with Crippen LogP contribution in [-0.2, 0) is 11.2 Å². The number of hydrogen-bond donors (Lipinski definition) is 1. The maximum Gasteiger partial charge on any atom is 0.127 e. The van der Waals surface area contributed by atoms with E-state index < -0.39 is 0 Å². The maximum absolute atomic E-state index is 13.7. The Balaban J connectivity index is 2.59. The highest BCUT2D eigenvalue weighted by Gasteiger charge is 2.21. The van der Waals surface area contributed by atoms with E-state index in [2.05, 4.69) is 19.2 Å². The van der Waals surface area contributed by atoms with Crippen molar-refractivity contribution in [2.75, 3.05) is 26.8 Å². The highest BCUT2D eigenvalue weighted by molar-refractivity contribution is 6.31. The second kappa shape index (κ2) is 7.07. The lowest BCUT2D eigenvalue weighted by Gasteiger charge is -2.26. The standard InChI is InChI=1S/C14H21ClFNO/c1-14(2,10-17-7-8-18-3)9-11-12(15)5-4-6-13(11)16/h4-6,17H,7-10H2,1-3H3. The van der Waals surface area contributed by atoms with Crippen LogP contribution in [0.2, 0.25) is 5.02 Å². The second-order valence-electron chi connectivity index (χ2n) is 5.21. The molecule has 0 aromatic heterocycles. The van der Waals surface area contributed by atoms with E-state index in [1.165, 1.54) is 6.07 Å². The summed E-state index contributed by atoms with van der Waals surface area (Å²) in [5.74, 6) is -0.229. The first kappa shape index (κ1) is 15.4. The van der Waals surface area contributed by atoms with Crippen LogP contribution in [0.4, 0.5) is 4.39 Å². The molecule has 0 amide bonds. The Morgan fingerprint density at radius 1 is 1.39 bits per heavy atom. The summed E-state index contributed by atoms with van der Waals surface area (Å²) in [6.45, 7) is 6.45. The van der Waals surface area contributed by atoms with Crippen LogP contribution in [0.1, 0.15) is 19.4 Å². The number of nitrogens with one attached hydrogen (secondary N) is 1. The van der Waals surface area contributed by atoms with Gasteiger partial charge in [0.15, 0.2) is 0 Å². The molecule has 0 radical (unpaired) electrons. The van der Waals surface area contributed by atoms with Crippen LogP contribution >= 0.6 is 11.6 Å². The van der Waals surface area contributed by atoms with Crippen LogP contribution in [0.3, 0.4) is 0 Å². The minimum absolute atomic E-state index is 0.0560. The largest absolute Gasteiger partial charge is 0.383 e. The van der Waals surface area contributed by atoms with Crippen molar-refractivity contribution in [3.63, 3.8) is 0 Å². The number of rotatable bonds is 7. The molecule has 0 aliphatic rings. The molecule has 102 valence electrons. The van der Waals surface area contributed by atoms with Crippen molar-refractivity contribution in [1.82, 2.24) is 5.32 Å². The molecule has 0 unspecified atom stereocenters. The summed E-state index contributed by atoms with van der Waals surface area (Å²) in [6, 6.07) is 4.81. The summed E-state index contributed by atoms with van der Waals surface area (Å²) >= 11 is 6.04. The molecule has 18 heavy (non-hydrogen) atoms. The number of halogens is 2. The van der Waals surface area contributed by atoms with E-state index in [1.54, 1.807) is 19.2 Å². The third-order valence-electron chi connectivity index (χ3n) is 2.80. The van der Waals surface area contributed by atoms with Crippen molar-refractivity contribution in [3.8, 4) is 0 Å². The van der Waals surface area contributed by atoms with Crippen molar-refractivity contribution in [2.45, 2.75) is 20.3 Å². The third-order valence-corrected chi connectivity index (χ3v) is 3.16. The highest BCUT2D eigenvalue weighted by Crippen LogP contribution is 2.27. The van der Waals surface area contributed by atoms with Crippen LogP contribution in [-0.4, -0.2) is 26.8 Å². The van der Waals surface area contributed by atoms with Gasteiger partial charge >= 0.3 is 0 Å². The normalized spacial score (nSPS) is 11.8. The van der Waals surface area contributed by atoms with Gasteiger partial charge < -0.3 is 10.1 Å². The Kier molecular flexibility index (Phi) is 6.06. The first-order chi connectivity index (χ1) is 8.46. The molecule has 1 N–H and O–H groups in total. The average Bonchev–Trinajstić information content (AvgIpc) is 2.30. The molecule has 0 heterocycles. The molecule has 1 rings (SSSR count). The molecule has 0 saturated carbocycles. The summed E-state index contributed by atoms with van der Waals surface area (Å²) < 4.78 is 18.7. The van der Waals surface area contributed by atoms with Gasteiger partial charge in [-0.25, -0.2) is 4.39 Å². The summed E-state index contributed by atoms with van der Waals surface area (Å²) in [5, 5.41) is 3.80. The number of ether oxygens (including phenoxy) is 1. The van der Waals surface area contributed by atoms with Gasteiger partial charge in [-0.05, 0) is 24.0 Å². The fourth-order valence-corrected chi connectivity index (χ4v) is 2.07. The number of methoxy groups -OCH3 is 1. The number of hydrogen-bond acceptors (Lipinski definition) is 2. The van der Waals surface area contributed by atoms with Crippen molar-refractivity contribution >= 4 is 11.6 Å². The van der Waals surface area contributed by atoms with Gasteiger partial charge in [0.05, 0.1) is 6.61 Å². The Morgan fingerprint density at radius 3 is 2.72 bits per heavy atom. The van der Waals surface area contributed by atoms with E-state index >= 15 is 0 Å². The molecule has 0 saturated heterocycles. The molecule has 1 aromatic carbocycles. The molecule has 0 aliphatic carbocycles. The highest BCUT2D eigenvalue weighted by atomic mass is 35.5. The van der Waals surface area contributed by atoms with E-state index in [0.717, 1.165) is 13.1 Å². The van der Waals surface area contributed by atoms with Crippen LogP contribution in [0.25, 0.3) is 0 Å². The van der Waals surface area contributed by atoms with Gasteiger partial charge in [0.1, 0.15) is 5.82 Å². The Labute approximate surface area is 113 Å². The predicted molar refractivity (Wildman–Crippen MR) is 73.6 cm³/mol. The topological polar surface area (TPSA) is 21.3 Å². The molecular formula is C14H21ClFNO. The minimum Gasteiger partial charge on any atom is -0.383 e. The quantitative estimate of drug-likeness (QED) is 0.770. The number of benzene rings is 1. The Hall–Kier alpha value is -0.640. The van der Waals surface area contributed by atoms with Crippen LogP contribution in [0.5, 0.6) is 0 Å². The van der Waals surface area contributed by atoms with E-state index in [0.29, 0.717) is 23.6 Å². The van der Waals surface area contributed by atoms with Gasteiger partial charge in [-0.1, -0.05) is 31.5 Å². The smallest absolute Gasteiger partial charge is 0.127 e. The molecule has 0 bridgehead atoms. The molecule has 0 spiro atoms. The second-order valence-corrected chi connectivity index (χ2v) is 5.62. The fraction of sp³-hybridized carbons (Fsp3) is 0.571. The van der Waals surface area contributed by atoms with Gasteiger partial charge in [0.2, 0.25) is 0 Å². The summed E-state index contributed by atoms with van der Waals surface area (Å²) in [7, 11) is 1.67. The molecule has 4 heteroatoms. The average molecular weight is 274 g/mol. The minimum atomic E-state index is -0.229. The summed E-state index contributed by atoms with van der Waals surface area (Å²) in [4.78, 5) is 0. The van der Waals surface area contributed by atoms with Gasteiger partial charge in [-0.2, -0.15) is 0 Å². The van der Waals surface area contributed by atoms with E-state index in [9.17, 15) is 4.39 Å². The zero-order chi connectivity index (χ0) is 13.6. The van der Waals surface area contributed by atoms with Gasteiger partial charge in [0, 0.05) is 30.8 Å². The molecule has 1 aromatic rings. The van der Waals surface area contributed by atoms with E-state index in [1.807, 2.05) is 0 Å². The van der Waals surface area contributed by atoms with Gasteiger partial charge in [-0.15, -0.1) is 0 Å². The molecular weight excluding hydrogens is 253 g/mol. The van der Waals surface area contributed by atoms with Crippen molar-refractivity contribution in [2.24, 2.45) is 5.41 Å². The van der Waals surface area contributed by atoms with Crippen LogP contribution < -0.4 is 5.32 Å². The van der Waals surface area contributed by atoms with E-state index in [4.69, 9.17) is 16.3 Å². The van der Waals surface area contributed by atoms with Crippen molar-refractivity contribution < 1.29 is 9.13 Å². The zero-order valence-electron chi connectivity index (χ0n) is 11.2. The zero-order valence-corrected chi connectivity index (χ0v) is 12.0. The molecule has 0 aliphatic heterocycles. The lowest BCUT2D eigenvalue weighted by atomic mass is 9.85. The van der Waals surface area contributed by atoms with Gasteiger partial charge in [0.25, 0.3) is 0 Å². The summed E-state index contributed by atoms with van der Waals surface area (Å²) in [5.41, 5.74) is 0.539. The first-order valence-corrected chi connectivity index (χ1v) is 6.46. The monoisotopic (exact) mass is 273 g/mol. The van der Waals surface area contributed by atoms with Crippen molar-refractivity contribution in [3.05, 3.63) is 34.6 Å². The van der Waals surface area contributed by atoms with Crippen LogP contribution in [0.15, 0.2) is 18.2 Å². The molecule has 0 fully saturated rings. The third kappa shape index (κ3) is 4.92. The lowest BCUT2D eigenvalue weighted by Crippen LogP contribution is -2.33. The summed E-state index contributed by atoms with van der Waals surface area (Å²) in [6.07, 6.45) is 0.610. The van der Waals surface area contributed by atoms with E-state index in [-0.39, 0.29) is 11.2 Å². The molecule has 0 atom stereocenters. The predicted octanol–water partition coefficient (Wildman–Crippen LogP) is 3.28. The first-order valence-electron chi connectivity index (χ1n) is 6.09. The fourth-order valence-electron chi connectivity index (χ4n) is 1.84. The lowest BCUT2D eigenvalue weighted by molar-refractivity contribution is 0.194. The Morgan fingerprint density at radius 2 is 2.11 bits per heavy atom. The SMILES string of the molecule is COCCNCC(C)(C)Cc1c(F)cccc1Cl. The van der Waals surface area contributed by atoms with Crippen LogP contribution in [0, 0.1) is 11.2 Å². The Bertz CT molecular complexity index is 362. The van der Waals surface area contributed by atoms with Gasteiger partial charge in [-0.3, -0.25) is 0 Å². The molecule has 2 nitrogen and oxygen atoms in total. The maximum atomic E-state index is 13.7.